The van der Waals surface area contributed by atoms with Gasteiger partial charge in [-0.1, -0.05) is 93.6 Å². The van der Waals surface area contributed by atoms with Crippen molar-refractivity contribution in [3.05, 3.63) is 154 Å². The average molecular weight is 982 g/mol. The fourth-order valence-electron chi connectivity index (χ4n) is 8.00. The molecule has 2 heterocycles. The summed E-state index contributed by atoms with van der Waals surface area (Å²) in [7, 11) is -1.53. The Hall–Kier alpha value is -5.34. The van der Waals surface area contributed by atoms with Crippen molar-refractivity contribution < 1.29 is 41.6 Å². The molecule has 0 bridgehead atoms. The maximum absolute atomic E-state index is 16.4. The number of amides is 1. The van der Waals surface area contributed by atoms with Crippen LogP contribution >= 0.6 is 8.53 Å². The van der Waals surface area contributed by atoms with E-state index in [-0.39, 0.29) is 42.3 Å². The van der Waals surface area contributed by atoms with Crippen molar-refractivity contribution >= 4 is 28.6 Å². The predicted octanol–water partition coefficient (Wildman–Crippen LogP) is 10.6. The standard InChI is InChI=1S/C52H65FN5O9PSi/c1-35(2)58(36(3)4)68(64-32-18-31-54)66-45-44(34-63-52(38-21-16-13-17-22-38,39-23-27-41(61-8)28-24-39)40-25-29-42(62-9)30-26-40)65-49(46(45)67-69(10,11)51(5,6)7)57-33-43(53)47(56-50(57)60)55-48(59)37-19-14-12-15-20-37/h12-17,19-30,33,35-36,44-46,49H,18,32,34H2,1-11H3,(H,55,56,59,60)/t44-,45-,46-,49-,68?/m1/s1. The molecule has 1 fully saturated rings. The number of hydrogen-bond acceptors (Lipinski definition) is 12. The van der Waals surface area contributed by atoms with Crippen molar-refractivity contribution in [2.45, 2.75) is 115 Å². The van der Waals surface area contributed by atoms with Crippen LogP contribution in [-0.4, -0.2) is 86.3 Å². The molecular formula is C52H65FN5O9PSi. The molecule has 0 spiro atoms. The summed E-state index contributed by atoms with van der Waals surface area (Å²) in [5.74, 6) is -0.846. The Kier molecular flexibility index (Phi) is 17.7. The third kappa shape index (κ3) is 12.2. The van der Waals surface area contributed by atoms with E-state index >= 15 is 4.39 Å². The van der Waals surface area contributed by atoms with Crippen LogP contribution in [0, 0.1) is 17.1 Å². The Balaban J connectivity index is 1.55. The molecule has 1 N–H and O–H groups in total. The minimum atomic E-state index is -2.81. The van der Waals surface area contributed by atoms with Crippen LogP contribution in [0.4, 0.5) is 10.2 Å². The van der Waals surface area contributed by atoms with E-state index in [0.29, 0.717) is 11.5 Å². The normalized spacial score (nSPS) is 18.1. The number of benzene rings is 4. The molecule has 1 saturated heterocycles. The number of rotatable bonds is 21. The first-order valence-electron chi connectivity index (χ1n) is 23.1. The zero-order chi connectivity index (χ0) is 50.1. The van der Waals surface area contributed by atoms with Crippen LogP contribution in [0.15, 0.2) is 120 Å². The third-order valence-electron chi connectivity index (χ3n) is 12.5. The summed E-state index contributed by atoms with van der Waals surface area (Å²) >= 11 is 0. The number of nitrogens with one attached hydrogen (secondary N) is 1. The van der Waals surface area contributed by atoms with E-state index in [9.17, 15) is 14.9 Å². The van der Waals surface area contributed by atoms with Crippen molar-refractivity contribution in [1.82, 2.24) is 14.2 Å². The largest absolute Gasteiger partial charge is 0.497 e. The van der Waals surface area contributed by atoms with Gasteiger partial charge in [-0.05, 0) is 98.9 Å². The number of nitriles is 1. The highest BCUT2D eigenvalue weighted by molar-refractivity contribution is 7.44. The monoisotopic (exact) mass is 981 g/mol. The van der Waals surface area contributed by atoms with Gasteiger partial charge in [-0.2, -0.15) is 10.2 Å². The Bertz CT molecular complexity index is 2500. The lowest BCUT2D eigenvalue weighted by Crippen LogP contribution is -2.50. The van der Waals surface area contributed by atoms with Crippen LogP contribution in [0.25, 0.3) is 0 Å². The highest BCUT2D eigenvalue weighted by Crippen LogP contribution is 2.52. The number of methoxy groups -OCH3 is 2. The van der Waals surface area contributed by atoms with Gasteiger partial charge < -0.3 is 37.7 Å². The molecule has 1 unspecified atom stereocenters. The molecule has 1 amide bonds. The molecule has 0 radical (unpaired) electrons. The molecule has 5 atom stereocenters. The second-order valence-electron chi connectivity index (χ2n) is 18.8. The molecule has 0 saturated carbocycles. The number of carbonyl (C=O) groups is 1. The van der Waals surface area contributed by atoms with Gasteiger partial charge in [0.15, 0.2) is 26.2 Å². The number of halogens is 1. The number of anilines is 1. The zero-order valence-electron chi connectivity index (χ0n) is 41.3. The minimum absolute atomic E-state index is 0.0683. The highest BCUT2D eigenvalue weighted by Gasteiger charge is 2.54. The van der Waals surface area contributed by atoms with Crippen LogP contribution in [0.3, 0.4) is 0 Å². The average Bonchev–Trinajstić information content (AvgIpc) is 3.65. The maximum Gasteiger partial charge on any atom is 0.351 e. The van der Waals surface area contributed by atoms with Gasteiger partial charge in [0.1, 0.15) is 35.4 Å². The summed E-state index contributed by atoms with van der Waals surface area (Å²) in [6, 6.07) is 35.3. The van der Waals surface area contributed by atoms with Crippen LogP contribution in [0.2, 0.25) is 18.1 Å². The molecule has 1 aromatic heterocycles. The van der Waals surface area contributed by atoms with Crippen molar-refractivity contribution in [2.75, 3.05) is 32.8 Å². The SMILES string of the molecule is COc1ccc(C(OC[C@H]2O[C@@H](n3cc(F)c(NC(=O)c4ccccc4)nc3=O)[C@H](O[Si](C)(C)C(C)(C)C)[C@@H]2OP(OCCC#N)N(C(C)C)C(C)C)(c2ccccc2)c2ccc(OC)cc2)cc1. The molecule has 1 aliphatic heterocycles. The van der Waals surface area contributed by atoms with Gasteiger partial charge in [-0.3, -0.25) is 9.36 Å². The van der Waals surface area contributed by atoms with E-state index in [0.717, 1.165) is 27.5 Å². The van der Waals surface area contributed by atoms with Gasteiger partial charge in [-0.25, -0.2) is 13.9 Å². The van der Waals surface area contributed by atoms with E-state index < -0.39 is 70.2 Å². The first-order chi connectivity index (χ1) is 32.8. The van der Waals surface area contributed by atoms with Gasteiger partial charge >= 0.3 is 5.69 Å². The smallest absolute Gasteiger partial charge is 0.351 e. The van der Waals surface area contributed by atoms with E-state index in [2.05, 4.69) is 54.9 Å². The summed E-state index contributed by atoms with van der Waals surface area (Å²) in [4.78, 5) is 31.5. The molecule has 17 heteroatoms. The van der Waals surface area contributed by atoms with Crippen molar-refractivity contribution in [3.8, 4) is 17.6 Å². The Labute approximate surface area is 407 Å². The predicted molar refractivity (Wildman–Crippen MR) is 267 cm³/mol. The molecule has 368 valence electrons. The lowest BCUT2D eigenvalue weighted by molar-refractivity contribution is -0.0944. The van der Waals surface area contributed by atoms with Gasteiger partial charge in [0.05, 0.1) is 46.1 Å². The second kappa shape index (κ2) is 23.0. The van der Waals surface area contributed by atoms with Crippen molar-refractivity contribution in [1.29, 1.82) is 5.26 Å². The molecule has 5 aromatic rings. The zero-order valence-corrected chi connectivity index (χ0v) is 43.2. The van der Waals surface area contributed by atoms with Crippen LogP contribution in [0.5, 0.6) is 11.5 Å². The van der Waals surface area contributed by atoms with Gasteiger partial charge in [0.25, 0.3) is 14.4 Å². The van der Waals surface area contributed by atoms with Crippen LogP contribution in [0.1, 0.15) is 88.2 Å². The van der Waals surface area contributed by atoms with E-state index in [1.807, 2.05) is 107 Å². The number of nitrogens with zero attached hydrogens (tertiary/aromatic N) is 4. The lowest BCUT2D eigenvalue weighted by atomic mass is 9.80. The Morgan fingerprint density at radius 3 is 1.91 bits per heavy atom. The number of carbonyl (C=O) groups excluding carboxylic acids is 1. The van der Waals surface area contributed by atoms with Gasteiger partial charge in [-0.15, -0.1) is 0 Å². The highest BCUT2D eigenvalue weighted by atomic mass is 31.2. The first-order valence-corrected chi connectivity index (χ1v) is 27.1. The van der Waals surface area contributed by atoms with Crippen LogP contribution in [-0.2, 0) is 28.5 Å². The number of aromatic nitrogens is 2. The van der Waals surface area contributed by atoms with Crippen molar-refractivity contribution in [2.24, 2.45) is 0 Å². The summed E-state index contributed by atoms with van der Waals surface area (Å²) < 4.78 is 66.2. The topological polar surface area (TPSA) is 156 Å². The quantitative estimate of drug-likeness (QED) is 0.0322. The Morgan fingerprint density at radius 2 is 1.41 bits per heavy atom. The first kappa shape index (κ1) is 53.0. The summed E-state index contributed by atoms with van der Waals surface area (Å²) in [5.41, 5.74) is 0.399. The molecular weight excluding hydrogens is 917 g/mol. The molecule has 69 heavy (non-hydrogen) atoms. The summed E-state index contributed by atoms with van der Waals surface area (Å²) in [6.07, 6.45) is -3.33. The second-order valence-corrected chi connectivity index (χ2v) is 25.0. The number of hydrogen-bond donors (Lipinski definition) is 1. The van der Waals surface area contributed by atoms with Crippen LogP contribution < -0.4 is 20.5 Å². The van der Waals surface area contributed by atoms with E-state index in [1.165, 1.54) is 0 Å². The molecule has 4 aromatic carbocycles. The lowest BCUT2D eigenvalue weighted by Gasteiger charge is -2.42. The summed E-state index contributed by atoms with van der Waals surface area (Å²) in [5, 5.41) is 11.7. The number of ether oxygens (including phenoxy) is 4. The van der Waals surface area contributed by atoms with Crippen molar-refractivity contribution in [3.63, 3.8) is 0 Å². The molecule has 6 rings (SSSR count). The van der Waals surface area contributed by atoms with E-state index in [1.54, 1.807) is 44.6 Å². The Morgan fingerprint density at radius 1 is 0.870 bits per heavy atom. The van der Waals surface area contributed by atoms with E-state index in [4.69, 9.17) is 32.4 Å². The maximum atomic E-state index is 16.4. The molecule has 0 aliphatic carbocycles. The summed E-state index contributed by atoms with van der Waals surface area (Å²) in [6.45, 7) is 18.5. The molecule has 14 nitrogen and oxygen atoms in total. The third-order valence-corrected chi connectivity index (χ3v) is 19.1. The molecule has 1 aliphatic rings. The minimum Gasteiger partial charge on any atom is -0.497 e. The fraction of sp³-hybridized carbons (Fsp3) is 0.423. The van der Waals surface area contributed by atoms with Gasteiger partial charge in [0, 0.05) is 17.6 Å². The fourth-order valence-corrected chi connectivity index (χ4v) is 11.1. The van der Waals surface area contributed by atoms with Gasteiger partial charge in [0.2, 0.25) is 0 Å².